The lowest BCUT2D eigenvalue weighted by Gasteiger charge is -2.40. The molecule has 2 aliphatic rings. The number of esters is 1. The van der Waals surface area contributed by atoms with E-state index in [2.05, 4.69) is 16.8 Å². The summed E-state index contributed by atoms with van der Waals surface area (Å²) in [4.78, 5) is 24.2. The molecule has 0 saturated carbocycles. The minimum absolute atomic E-state index is 0.166. The minimum atomic E-state index is -0.848. The molecule has 1 fully saturated rings. The molecule has 41 heavy (non-hydrogen) atoms. The van der Waals surface area contributed by atoms with E-state index in [0.29, 0.717) is 30.9 Å². The van der Waals surface area contributed by atoms with Crippen LogP contribution >= 0.6 is 0 Å². The van der Waals surface area contributed by atoms with E-state index in [-0.39, 0.29) is 17.6 Å². The third kappa shape index (κ3) is 6.74. The number of hydrogen-bond donors (Lipinski definition) is 0. The Hall–Kier alpha value is -3.42. The monoisotopic (exact) mass is 565 g/mol. The molecule has 3 aromatic rings. The van der Waals surface area contributed by atoms with Crippen molar-refractivity contribution in [2.45, 2.75) is 78.2 Å². The van der Waals surface area contributed by atoms with Gasteiger partial charge in [-0.1, -0.05) is 13.0 Å². The number of aromatic nitrogens is 2. The van der Waals surface area contributed by atoms with Crippen LogP contribution in [0.3, 0.4) is 0 Å². The maximum Gasteiger partial charge on any atom is 0.306 e. The van der Waals surface area contributed by atoms with E-state index in [0.717, 1.165) is 62.2 Å². The number of carbonyl (C=O) groups excluding carboxylic acids is 1. The lowest BCUT2D eigenvalue weighted by atomic mass is 9.87. The number of ether oxygens (including phenoxy) is 1. The summed E-state index contributed by atoms with van der Waals surface area (Å²) in [6, 6.07) is 6.24. The van der Waals surface area contributed by atoms with Gasteiger partial charge in [0.15, 0.2) is 0 Å². The van der Waals surface area contributed by atoms with Gasteiger partial charge in [0.1, 0.15) is 28.7 Å². The van der Waals surface area contributed by atoms with Gasteiger partial charge in [0, 0.05) is 36.4 Å². The summed E-state index contributed by atoms with van der Waals surface area (Å²) < 4.78 is 49.1. The molecule has 0 radical (unpaired) electrons. The number of aryl methyl sites for hydroxylation is 3. The molecule has 0 amide bonds. The van der Waals surface area contributed by atoms with Crippen molar-refractivity contribution in [1.29, 1.82) is 0 Å². The molecule has 1 aliphatic carbocycles. The summed E-state index contributed by atoms with van der Waals surface area (Å²) in [6.45, 7) is 9.54. The molecule has 2 atom stereocenters. The van der Waals surface area contributed by atoms with E-state index in [9.17, 15) is 18.0 Å². The Labute approximate surface area is 240 Å². The predicted molar refractivity (Wildman–Crippen MR) is 153 cm³/mol. The maximum absolute atomic E-state index is 14.6. The van der Waals surface area contributed by atoms with Crippen LogP contribution in [0, 0.1) is 29.3 Å². The van der Waals surface area contributed by atoms with Crippen molar-refractivity contribution < 1.29 is 22.7 Å². The molecule has 218 valence electrons. The van der Waals surface area contributed by atoms with Crippen LogP contribution in [0.2, 0.25) is 0 Å². The highest BCUT2D eigenvalue weighted by atomic mass is 19.1. The minimum Gasteiger partial charge on any atom is -0.460 e. The number of carbonyl (C=O) groups is 1. The van der Waals surface area contributed by atoms with Gasteiger partial charge in [0.2, 0.25) is 0 Å². The van der Waals surface area contributed by atoms with Crippen molar-refractivity contribution in [3.05, 3.63) is 76.5 Å². The van der Waals surface area contributed by atoms with Crippen LogP contribution < -0.4 is 4.90 Å². The fourth-order valence-corrected chi connectivity index (χ4v) is 6.33. The summed E-state index contributed by atoms with van der Waals surface area (Å²) in [5, 5.41) is 0. The van der Waals surface area contributed by atoms with Gasteiger partial charge in [-0.3, -0.25) is 9.78 Å². The van der Waals surface area contributed by atoms with Gasteiger partial charge in [-0.05, 0) is 107 Å². The highest BCUT2D eigenvalue weighted by Crippen LogP contribution is 2.38. The van der Waals surface area contributed by atoms with E-state index in [1.807, 2.05) is 27.0 Å². The first-order valence-corrected chi connectivity index (χ1v) is 14.5. The second kappa shape index (κ2) is 11.8. The Morgan fingerprint density at radius 2 is 1.78 bits per heavy atom. The van der Waals surface area contributed by atoms with Gasteiger partial charge < -0.3 is 9.64 Å². The molecule has 0 N–H and O–H groups in total. The van der Waals surface area contributed by atoms with Crippen molar-refractivity contribution in [2.75, 3.05) is 18.0 Å². The molecular formula is C33H38F3N3O2. The van der Waals surface area contributed by atoms with Crippen LogP contribution in [0.25, 0.3) is 11.3 Å². The largest absolute Gasteiger partial charge is 0.460 e. The first-order valence-electron chi connectivity index (χ1n) is 14.5. The predicted octanol–water partition coefficient (Wildman–Crippen LogP) is 7.03. The van der Waals surface area contributed by atoms with Crippen LogP contribution in [-0.4, -0.2) is 34.6 Å². The zero-order chi connectivity index (χ0) is 29.3. The van der Waals surface area contributed by atoms with Crippen molar-refractivity contribution in [3.8, 4) is 11.3 Å². The summed E-state index contributed by atoms with van der Waals surface area (Å²) >= 11 is 0. The zero-order valence-corrected chi connectivity index (χ0v) is 24.3. The Kier molecular flexibility index (Phi) is 8.39. The second-order valence-corrected chi connectivity index (χ2v) is 12.5. The lowest BCUT2D eigenvalue weighted by molar-refractivity contribution is -0.156. The van der Waals surface area contributed by atoms with Crippen molar-refractivity contribution in [2.24, 2.45) is 11.8 Å². The van der Waals surface area contributed by atoms with Crippen molar-refractivity contribution >= 4 is 11.7 Å². The summed E-state index contributed by atoms with van der Waals surface area (Å²) in [5.74, 6) is -2.04. The number of benzene rings is 1. The summed E-state index contributed by atoms with van der Waals surface area (Å²) in [7, 11) is 0. The van der Waals surface area contributed by atoms with Crippen LogP contribution in [-0.2, 0) is 35.2 Å². The van der Waals surface area contributed by atoms with Gasteiger partial charge in [-0.15, -0.1) is 0 Å². The normalized spacial score (nSPS) is 18.9. The number of hydrogen-bond acceptors (Lipinski definition) is 5. The van der Waals surface area contributed by atoms with Crippen LogP contribution in [0.1, 0.15) is 69.5 Å². The lowest BCUT2D eigenvalue weighted by Crippen LogP contribution is -2.42. The smallest absolute Gasteiger partial charge is 0.306 e. The average Bonchev–Trinajstić information content (AvgIpc) is 3.36. The van der Waals surface area contributed by atoms with Gasteiger partial charge in [0.05, 0.1) is 12.0 Å². The number of nitrogens with zero attached hydrogens (tertiary/aromatic N) is 3. The van der Waals surface area contributed by atoms with Gasteiger partial charge >= 0.3 is 5.97 Å². The fraction of sp³-hybridized carbons (Fsp3) is 0.485. The molecule has 2 aromatic heterocycles. The average molecular weight is 566 g/mol. The van der Waals surface area contributed by atoms with Crippen molar-refractivity contribution in [3.63, 3.8) is 0 Å². The standard InChI is InChI=1S/C33H38F3N3O2/c1-20-15-21(16-29(40)41-33(2,3)4)19-39(18-20)32-22(17-37-28-10-5-7-24(28)32)11-12-23-13-14-27(36)31(38-23)30-25(34)8-6-9-26(30)35/h6,8-9,13-14,17,20-21H,5,7,10-12,15-16,18-19H2,1-4H3/t20-,21-/m1/s1. The Morgan fingerprint density at radius 1 is 1.02 bits per heavy atom. The van der Waals surface area contributed by atoms with Crippen LogP contribution in [0.15, 0.2) is 36.5 Å². The number of anilines is 1. The molecule has 3 heterocycles. The van der Waals surface area contributed by atoms with Crippen LogP contribution in [0.5, 0.6) is 0 Å². The van der Waals surface area contributed by atoms with E-state index >= 15 is 0 Å². The Balaban J connectivity index is 1.40. The molecule has 0 bridgehead atoms. The SMILES string of the molecule is C[C@@H]1C[C@H](CC(=O)OC(C)(C)C)CN(c2c(CCc3ccc(F)c(-c4c(F)cccc4F)n3)cnc3c2CCC3)C1. The molecule has 5 rings (SSSR count). The number of piperidine rings is 1. The van der Waals surface area contributed by atoms with Gasteiger partial charge in [0.25, 0.3) is 0 Å². The van der Waals surface area contributed by atoms with Gasteiger partial charge in [-0.2, -0.15) is 0 Å². The summed E-state index contributed by atoms with van der Waals surface area (Å²) in [6.07, 6.45) is 7.30. The van der Waals surface area contributed by atoms with E-state index < -0.39 is 28.6 Å². The molecule has 0 unspecified atom stereocenters. The van der Waals surface area contributed by atoms with Crippen molar-refractivity contribution in [1.82, 2.24) is 9.97 Å². The third-order valence-corrected chi connectivity index (χ3v) is 7.85. The first kappa shape index (κ1) is 29.1. The highest BCUT2D eigenvalue weighted by molar-refractivity contribution is 5.70. The number of halogens is 3. The second-order valence-electron chi connectivity index (χ2n) is 12.5. The van der Waals surface area contributed by atoms with Crippen LogP contribution in [0.4, 0.5) is 18.9 Å². The zero-order valence-electron chi connectivity index (χ0n) is 24.3. The topological polar surface area (TPSA) is 55.3 Å². The van der Waals surface area contributed by atoms with E-state index in [4.69, 9.17) is 9.72 Å². The number of fused-ring (bicyclic) bond motifs is 1. The first-order chi connectivity index (χ1) is 19.5. The maximum atomic E-state index is 14.6. The van der Waals surface area contributed by atoms with E-state index in [1.165, 1.54) is 23.4 Å². The Morgan fingerprint density at radius 3 is 2.51 bits per heavy atom. The third-order valence-electron chi connectivity index (χ3n) is 7.85. The molecule has 1 saturated heterocycles. The molecule has 8 heteroatoms. The highest BCUT2D eigenvalue weighted by Gasteiger charge is 2.32. The van der Waals surface area contributed by atoms with E-state index in [1.54, 1.807) is 6.07 Å². The fourth-order valence-electron chi connectivity index (χ4n) is 6.33. The molecular weight excluding hydrogens is 527 g/mol. The quantitative estimate of drug-likeness (QED) is 0.288. The summed E-state index contributed by atoms with van der Waals surface area (Å²) in [5.41, 5.74) is 3.92. The Bertz CT molecular complexity index is 1420. The molecule has 1 aliphatic heterocycles. The number of pyridine rings is 2. The number of rotatable bonds is 7. The van der Waals surface area contributed by atoms with Gasteiger partial charge in [-0.25, -0.2) is 18.2 Å². The molecule has 5 nitrogen and oxygen atoms in total. The molecule has 0 spiro atoms. The molecule has 1 aromatic carbocycles.